The zero-order valence-corrected chi connectivity index (χ0v) is 6.69. The molecular formula is C7H9N4O+. The van der Waals surface area contributed by atoms with Gasteiger partial charge in [0.1, 0.15) is 0 Å². The number of nitrogens with one attached hydrogen (secondary N) is 1. The van der Waals surface area contributed by atoms with Crippen molar-refractivity contribution < 1.29 is 4.74 Å². The van der Waals surface area contributed by atoms with Gasteiger partial charge >= 0.3 is 5.08 Å². The number of hydrogen-bond acceptors (Lipinski definition) is 4. The molecule has 1 N–H and O–H groups in total. The normalized spacial score (nSPS) is 8.67. The third kappa shape index (κ3) is 1.83. The largest absolute Gasteiger partial charge is 0.476 e. The summed E-state index contributed by atoms with van der Waals surface area (Å²) >= 11 is 0. The molecule has 0 aliphatic carbocycles. The van der Waals surface area contributed by atoms with E-state index >= 15 is 0 Å². The fourth-order valence-corrected chi connectivity index (χ4v) is 0.782. The third-order valence-corrected chi connectivity index (χ3v) is 1.22. The fraction of sp³-hybridized carbons (Fsp3) is 0.286. The van der Waals surface area contributed by atoms with Crippen molar-refractivity contribution in [1.82, 2.24) is 4.98 Å². The van der Waals surface area contributed by atoms with Crippen LogP contribution < -0.4 is 10.2 Å². The van der Waals surface area contributed by atoms with Crippen LogP contribution in [0.4, 0.5) is 5.69 Å². The van der Waals surface area contributed by atoms with Gasteiger partial charge in [-0.3, -0.25) is 0 Å². The van der Waals surface area contributed by atoms with Gasteiger partial charge < -0.3 is 4.74 Å². The molecule has 1 aromatic rings. The molecule has 0 aliphatic heterocycles. The van der Waals surface area contributed by atoms with E-state index in [0.29, 0.717) is 18.2 Å². The molecule has 0 radical (unpaired) electrons. The van der Waals surface area contributed by atoms with E-state index < -0.39 is 0 Å². The van der Waals surface area contributed by atoms with Crippen LogP contribution in [0.2, 0.25) is 0 Å². The van der Waals surface area contributed by atoms with Crippen LogP contribution in [0, 0.1) is 5.39 Å². The van der Waals surface area contributed by atoms with Crippen LogP contribution in [0.1, 0.15) is 6.92 Å². The first-order valence-corrected chi connectivity index (χ1v) is 3.56. The van der Waals surface area contributed by atoms with Gasteiger partial charge in [-0.2, -0.15) is 0 Å². The molecule has 5 heteroatoms. The molecule has 0 saturated carbocycles. The topological polar surface area (TPSA) is 62.3 Å². The second kappa shape index (κ2) is 4.13. The van der Waals surface area contributed by atoms with E-state index in [0.717, 1.165) is 0 Å². The molecule has 5 nitrogen and oxygen atoms in total. The number of nitrogens with zero attached hydrogens (tertiary/aromatic N) is 3. The van der Waals surface area contributed by atoms with Gasteiger partial charge in [0, 0.05) is 6.20 Å². The van der Waals surface area contributed by atoms with Crippen LogP contribution in [0.25, 0.3) is 5.08 Å². The maximum atomic E-state index is 8.24. The molecule has 12 heavy (non-hydrogen) atoms. The smallest absolute Gasteiger partial charge is 0.308 e. The monoisotopic (exact) mass is 165 g/mol. The lowest BCUT2D eigenvalue weighted by Gasteiger charge is -2.01. The van der Waals surface area contributed by atoms with E-state index in [1.54, 1.807) is 18.3 Å². The SMILES string of the molecule is CCOc1ncccc1N[N+]#N. The number of pyridine rings is 1. The molecule has 62 valence electrons. The van der Waals surface area contributed by atoms with E-state index in [9.17, 15) is 0 Å². The first-order valence-electron chi connectivity index (χ1n) is 3.56. The molecule has 0 saturated heterocycles. The quantitative estimate of drug-likeness (QED) is 0.546. The first kappa shape index (κ1) is 8.27. The summed E-state index contributed by atoms with van der Waals surface area (Å²) in [5.41, 5.74) is 2.90. The zero-order chi connectivity index (χ0) is 8.81. The summed E-state index contributed by atoms with van der Waals surface area (Å²) in [4.78, 5) is 3.93. The highest BCUT2D eigenvalue weighted by atomic mass is 16.5. The van der Waals surface area contributed by atoms with Crippen LogP contribution in [-0.2, 0) is 0 Å². The Balaban J connectivity index is 2.85. The number of aromatic nitrogens is 1. The third-order valence-electron chi connectivity index (χ3n) is 1.22. The number of anilines is 1. The van der Waals surface area contributed by atoms with Crippen molar-refractivity contribution in [2.75, 3.05) is 12.0 Å². The minimum Gasteiger partial charge on any atom is -0.476 e. The minimum atomic E-state index is 0.429. The molecule has 1 rings (SSSR count). The maximum absolute atomic E-state index is 8.24. The van der Waals surface area contributed by atoms with Crippen molar-refractivity contribution in [1.29, 1.82) is 5.39 Å². The summed E-state index contributed by atoms with van der Waals surface area (Å²) < 4.78 is 5.14. The Labute approximate surface area is 70.0 Å². The highest BCUT2D eigenvalue weighted by Gasteiger charge is 2.06. The lowest BCUT2D eigenvalue weighted by atomic mass is 10.4. The van der Waals surface area contributed by atoms with Gasteiger partial charge in [0.15, 0.2) is 5.69 Å². The average molecular weight is 165 g/mol. The highest BCUT2D eigenvalue weighted by Crippen LogP contribution is 2.19. The minimum absolute atomic E-state index is 0.429. The van der Waals surface area contributed by atoms with Gasteiger partial charge in [0.25, 0.3) is 5.39 Å². The van der Waals surface area contributed by atoms with Gasteiger partial charge in [-0.1, -0.05) is 0 Å². The van der Waals surface area contributed by atoms with Gasteiger partial charge in [-0.25, -0.2) is 4.98 Å². The Kier molecular flexibility index (Phi) is 2.85. The predicted molar refractivity (Wildman–Crippen MR) is 44.1 cm³/mol. The standard InChI is InChI=1S/C7H9N4O/c1-2-12-7-6(10-11-8)4-3-5-9-7/h3-5,10H,2H2,1H3/q+1. The number of diazo groups is 1. The highest BCUT2D eigenvalue weighted by molar-refractivity contribution is 5.52. The second-order valence-electron chi connectivity index (χ2n) is 2.00. The van der Waals surface area contributed by atoms with E-state index in [4.69, 9.17) is 10.1 Å². The summed E-state index contributed by atoms with van der Waals surface area (Å²) in [6.07, 6.45) is 1.60. The number of hydrogen-bond donors (Lipinski definition) is 1. The first-order chi connectivity index (χ1) is 5.88. The molecule has 0 atom stereocenters. The molecule has 0 fully saturated rings. The van der Waals surface area contributed by atoms with Gasteiger partial charge in [-0.15, -0.1) is 0 Å². The molecule has 0 aliphatic rings. The van der Waals surface area contributed by atoms with Crippen LogP contribution in [0.5, 0.6) is 5.88 Å². The maximum Gasteiger partial charge on any atom is 0.308 e. The Bertz CT molecular complexity index is 294. The number of ether oxygens (including phenoxy) is 1. The summed E-state index contributed by atoms with van der Waals surface area (Å²) in [6.45, 7) is 2.38. The summed E-state index contributed by atoms with van der Waals surface area (Å²) in [5, 5.41) is 11.0. The number of rotatable bonds is 3. The summed E-state index contributed by atoms with van der Waals surface area (Å²) in [7, 11) is 0. The van der Waals surface area contributed by atoms with Crippen LogP contribution >= 0.6 is 0 Å². The van der Waals surface area contributed by atoms with E-state index in [1.807, 2.05) is 6.92 Å². The Morgan fingerprint density at radius 2 is 2.58 bits per heavy atom. The molecule has 0 spiro atoms. The predicted octanol–water partition coefficient (Wildman–Crippen LogP) is 1.66. The molecule has 0 aromatic carbocycles. The van der Waals surface area contributed by atoms with Crippen molar-refractivity contribution in [2.45, 2.75) is 6.92 Å². The fourth-order valence-electron chi connectivity index (χ4n) is 0.782. The summed E-state index contributed by atoms with van der Waals surface area (Å²) in [6, 6.07) is 3.42. The van der Waals surface area contributed by atoms with E-state index in [-0.39, 0.29) is 0 Å². The average Bonchev–Trinajstić information content (AvgIpc) is 2.09. The van der Waals surface area contributed by atoms with Crippen molar-refractivity contribution in [3.63, 3.8) is 0 Å². The van der Waals surface area contributed by atoms with Gasteiger partial charge in [-0.05, 0) is 24.5 Å². The molecule has 1 heterocycles. The van der Waals surface area contributed by atoms with Crippen molar-refractivity contribution in [2.24, 2.45) is 0 Å². The Hall–Kier alpha value is -1.83. The van der Waals surface area contributed by atoms with Crippen molar-refractivity contribution in [3.8, 4) is 5.88 Å². The van der Waals surface area contributed by atoms with Crippen molar-refractivity contribution in [3.05, 3.63) is 23.4 Å². The molecule has 0 bridgehead atoms. The summed E-state index contributed by atoms with van der Waals surface area (Å²) in [5.74, 6) is 0.429. The van der Waals surface area contributed by atoms with Gasteiger partial charge in [0.2, 0.25) is 5.88 Å². The molecule has 1 aromatic heterocycles. The van der Waals surface area contributed by atoms with Crippen LogP contribution in [-0.4, -0.2) is 11.6 Å². The zero-order valence-electron chi connectivity index (χ0n) is 6.69. The lowest BCUT2D eigenvalue weighted by Crippen LogP contribution is -1.97. The molecule has 0 unspecified atom stereocenters. The van der Waals surface area contributed by atoms with Crippen LogP contribution in [0.3, 0.4) is 0 Å². The van der Waals surface area contributed by atoms with E-state index in [2.05, 4.69) is 15.5 Å². The Morgan fingerprint density at radius 3 is 3.25 bits per heavy atom. The molecule has 0 amide bonds. The van der Waals surface area contributed by atoms with Crippen molar-refractivity contribution >= 4 is 5.69 Å². The lowest BCUT2D eigenvalue weighted by molar-refractivity contribution is 0.328. The Morgan fingerprint density at radius 1 is 1.75 bits per heavy atom. The van der Waals surface area contributed by atoms with Crippen LogP contribution in [0.15, 0.2) is 18.3 Å². The van der Waals surface area contributed by atoms with Gasteiger partial charge in [0.05, 0.1) is 6.61 Å². The second-order valence-corrected chi connectivity index (χ2v) is 2.00. The molecular weight excluding hydrogens is 156 g/mol. The van der Waals surface area contributed by atoms with E-state index in [1.165, 1.54) is 0 Å².